The molecule has 0 aliphatic carbocycles. The predicted octanol–water partition coefficient (Wildman–Crippen LogP) is 4.26. The summed E-state index contributed by atoms with van der Waals surface area (Å²) in [5.74, 6) is -7.96. The number of benzene rings is 4. The molecule has 8 nitrogen and oxygen atoms in total. The zero-order chi connectivity index (χ0) is 25.8. The fourth-order valence-corrected chi connectivity index (χ4v) is 3.59. The lowest BCUT2D eigenvalue weighted by Crippen LogP contribution is -2.21. The van der Waals surface area contributed by atoms with E-state index in [9.17, 15) is 34.5 Å². The molecule has 0 atom stereocenters. The Morgan fingerprint density at radius 1 is 0.444 bits per heavy atom. The van der Waals surface area contributed by atoms with Gasteiger partial charge in [-0.25, -0.2) is 9.59 Å². The summed E-state index contributed by atoms with van der Waals surface area (Å²) < 4.78 is 4.94. The van der Waals surface area contributed by atoms with Crippen molar-refractivity contribution >= 4 is 23.5 Å². The van der Waals surface area contributed by atoms with Crippen LogP contribution >= 0.6 is 0 Å². The molecule has 0 bridgehead atoms. The third-order valence-electron chi connectivity index (χ3n) is 5.35. The maximum atomic E-state index is 13.4. The molecule has 0 fully saturated rings. The molecule has 4 aromatic carbocycles. The first-order valence-electron chi connectivity index (χ1n) is 10.6. The van der Waals surface area contributed by atoms with Crippen LogP contribution in [-0.2, 0) is 4.74 Å². The number of ether oxygens (including phenoxy) is 1. The van der Waals surface area contributed by atoms with Crippen LogP contribution in [0.2, 0.25) is 0 Å². The zero-order valence-electron chi connectivity index (χ0n) is 18.5. The number of carbonyl (C=O) groups is 4. The molecule has 0 amide bonds. The largest absolute Gasteiger partial charge is 0.504 e. The van der Waals surface area contributed by atoms with Crippen molar-refractivity contribution in [2.24, 2.45) is 0 Å². The molecule has 3 N–H and O–H groups in total. The second kappa shape index (κ2) is 9.94. The van der Waals surface area contributed by atoms with E-state index < -0.39 is 57.4 Å². The molecule has 0 saturated heterocycles. The summed E-state index contributed by atoms with van der Waals surface area (Å²) in [6.45, 7) is 0. The number of phenols is 3. The topological polar surface area (TPSA) is 138 Å². The second-order valence-corrected chi connectivity index (χ2v) is 7.60. The SMILES string of the molecule is O=C(OC(=O)c1c(C(=O)c2ccccc2)c(O)c(O)c(O)c1C(=O)c1ccccc1)c1ccccc1. The van der Waals surface area contributed by atoms with E-state index in [1.165, 1.54) is 72.8 Å². The van der Waals surface area contributed by atoms with Crippen LogP contribution in [0, 0.1) is 0 Å². The van der Waals surface area contributed by atoms with Crippen LogP contribution < -0.4 is 0 Å². The van der Waals surface area contributed by atoms with Gasteiger partial charge in [-0.3, -0.25) is 9.59 Å². The molecule has 0 spiro atoms. The van der Waals surface area contributed by atoms with Crippen molar-refractivity contribution in [1.29, 1.82) is 0 Å². The predicted molar refractivity (Wildman–Crippen MR) is 127 cm³/mol. The van der Waals surface area contributed by atoms with Gasteiger partial charge in [0.1, 0.15) is 0 Å². The lowest BCUT2D eigenvalue weighted by atomic mass is 9.88. The van der Waals surface area contributed by atoms with Gasteiger partial charge in [0.25, 0.3) is 0 Å². The number of rotatable bonds is 6. The summed E-state index contributed by atoms with van der Waals surface area (Å²) in [6.07, 6.45) is 0. The molecule has 8 heteroatoms. The van der Waals surface area contributed by atoms with Gasteiger partial charge in [0.05, 0.1) is 22.3 Å². The average Bonchev–Trinajstić information content (AvgIpc) is 2.92. The Hall–Kier alpha value is -5.24. The number of phenolic OH excluding ortho intramolecular Hbond substituents is 3. The Labute approximate surface area is 204 Å². The van der Waals surface area contributed by atoms with Gasteiger partial charge in [-0.05, 0) is 12.1 Å². The fraction of sp³-hybridized carbons (Fsp3) is 0. The van der Waals surface area contributed by atoms with Gasteiger partial charge in [-0.1, -0.05) is 78.9 Å². The highest BCUT2D eigenvalue weighted by atomic mass is 16.6. The van der Waals surface area contributed by atoms with Crippen LogP contribution in [0.5, 0.6) is 17.2 Å². The number of ketones is 2. The van der Waals surface area contributed by atoms with Crippen molar-refractivity contribution in [3.05, 3.63) is 124 Å². The molecule has 36 heavy (non-hydrogen) atoms. The summed E-state index contributed by atoms with van der Waals surface area (Å²) in [4.78, 5) is 52.6. The molecule has 4 aromatic rings. The summed E-state index contributed by atoms with van der Waals surface area (Å²) in [7, 11) is 0. The lowest BCUT2D eigenvalue weighted by molar-refractivity contribution is 0.0393. The number of carbonyl (C=O) groups excluding carboxylic acids is 4. The normalized spacial score (nSPS) is 10.4. The third-order valence-corrected chi connectivity index (χ3v) is 5.35. The van der Waals surface area contributed by atoms with Gasteiger partial charge in [-0.2, -0.15) is 0 Å². The highest BCUT2D eigenvalue weighted by molar-refractivity contribution is 6.24. The van der Waals surface area contributed by atoms with Crippen molar-refractivity contribution in [3.8, 4) is 17.2 Å². The minimum atomic E-state index is -1.48. The van der Waals surface area contributed by atoms with E-state index in [2.05, 4.69) is 0 Å². The first-order valence-corrected chi connectivity index (χ1v) is 10.6. The molecule has 178 valence electrons. The van der Waals surface area contributed by atoms with Crippen molar-refractivity contribution in [2.75, 3.05) is 0 Å². The number of hydrogen-bond acceptors (Lipinski definition) is 8. The summed E-state index contributed by atoms with van der Waals surface area (Å²) >= 11 is 0. The van der Waals surface area contributed by atoms with E-state index in [1.807, 2.05) is 0 Å². The van der Waals surface area contributed by atoms with E-state index in [4.69, 9.17) is 4.74 Å². The van der Waals surface area contributed by atoms with E-state index in [0.29, 0.717) is 0 Å². The molecule has 0 aromatic heterocycles. The molecule has 0 aliphatic rings. The van der Waals surface area contributed by atoms with Crippen molar-refractivity contribution in [1.82, 2.24) is 0 Å². The number of aromatic hydroxyl groups is 3. The van der Waals surface area contributed by atoms with E-state index in [-0.39, 0.29) is 16.7 Å². The molecule has 4 rings (SSSR count). The maximum absolute atomic E-state index is 13.4. The van der Waals surface area contributed by atoms with Gasteiger partial charge in [0, 0.05) is 11.1 Å². The molecular formula is C28H18O8. The van der Waals surface area contributed by atoms with Gasteiger partial charge in [-0.15, -0.1) is 0 Å². The fourth-order valence-electron chi connectivity index (χ4n) is 3.59. The quantitative estimate of drug-likeness (QED) is 0.160. The van der Waals surface area contributed by atoms with Crippen molar-refractivity contribution in [3.63, 3.8) is 0 Å². The van der Waals surface area contributed by atoms with Gasteiger partial charge in [0.2, 0.25) is 5.75 Å². The smallest absolute Gasteiger partial charge is 0.347 e. The minimum Gasteiger partial charge on any atom is -0.504 e. The Kier molecular flexibility index (Phi) is 6.60. The van der Waals surface area contributed by atoms with Crippen LogP contribution in [0.15, 0.2) is 91.0 Å². The Morgan fingerprint density at radius 3 is 1.19 bits per heavy atom. The van der Waals surface area contributed by atoms with Crippen molar-refractivity contribution < 1.29 is 39.2 Å². The highest BCUT2D eigenvalue weighted by Gasteiger charge is 2.36. The Balaban J connectivity index is 1.96. The van der Waals surface area contributed by atoms with Crippen LogP contribution in [-0.4, -0.2) is 38.8 Å². The molecule has 0 aliphatic heterocycles. The molecule has 0 radical (unpaired) electrons. The summed E-state index contributed by atoms with van der Waals surface area (Å²) in [5.41, 5.74) is -2.47. The summed E-state index contributed by atoms with van der Waals surface area (Å²) in [5, 5.41) is 31.7. The van der Waals surface area contributed by atoms with Crippen LogP contribution in [0.4, 0.5) is 0 Å². The first-order chi connectivity index (χ1) is 17.3. The van der Waals surface area contributed by atoms with E-state index in [1.54, 1.807) is 18.2 Å². The molecule has 0 unspecified atom stereocenters. The summed E-state index contributed by atoms with van der Waals surface area (Å²) in [6, 6.07) is 22.4. The van der Waals surface area contributed by atoms with E-state index in [0.717, 1.165) is 0 Å². The molecular weight excluding hydrogens is 464 g/mol. The third kappa shape index (κ3) is 4.43. The zero-order valence-corrected chi connectivity index (χ0v) is 18.5. The monoisotopic (exact) mass is 482 g/mol. The number of esters is 2. The van der Waals surface area contributed by atoms with Gasteiger partial charge < -0.3 is 20.1 Å². The number of hydrogen-bond donors (Lipinski definition) is 3. The van der Waals surface area contributed by atoms with E-state index >= 15 is 0 Å². The maximum Gasteiger partial charge on any atom is 0.347 e. The van der Waals surface area contributed by atoms with Gasteiger partial charge >= 0.3 is 11.9 Å². The van der Waals surface area contributed by atoms with Crippen LogP contribution in [0.1, 0.15) is 52.6 Å². The standard InChI is InChI=1S/C28H18O8/c29-22(16-10-4-1-5-11-16)20-19(28(35)36-27(34)18-14-8-3-9-15-18)21(25(32)26(33)24(20)31)23(30)17-12-6-2-7-13-17/h1-15,31-33H. The van der Waals surface area contributed by atoms with Crippen LogP contribution in [0.25, 0.3) is 0 Å². The Bertz CT molecular complexity index is 1400. The first kappa shape index (κ1) is 23.9. The highest BCUT2D eigenvalue weighted by Crippen LogP contribution is 2.45. The molecule has 0 heterocycles. The molecule has 0 saturated carbocycles. The van der Waals surface area contributed by atoms with Gasteiger partial charge in [0.15, 0.2) is 23.1 Å². The minimum absolute atomic E-state index is 0.000522. The van der Waals surface area contributed by atoms with Crippen LogP contribution in [0.3, 0.4) is 0 Å². The lowest BCUT2D eigenvalue weighted by Gasteiger charge is -2.17. The Morgan fingerprint density at radius 2 is 0.806 bits per heavy atom. The van der Waals surface area contributed by atoms with Crippen molar-refractivity contribution in [2.45, 2.75) is 0 Å². The average molecular weight is 482 g/mol. The second-order valence-electron chi connectivity index (χ2n) is 7.60.